The minimum absolute atomic E-state index is 0.193. The Hall–Kier alpha value is 0.0200. The van der Waals surface area contributed by atoms with Crippen molar-refractivity contribution in [3.05, 3.63) is 0 Å². The van der Waals surface area contributed by atoms with E-state index in [4.69, 9.17) is 9.26 Å². The van der Waals surface area contributed by atoms with E-state index in [1.54, 1.807) is 6.66 Å². The largest absolute Gasteiger partial charge is 0.504 e. The third kappa shape index (κ3) is 2.74. The van der Waals surface area contributed by atoms with Gasteiger partial charge in [0.2, 0.25) is 0 Å². The maximum Gasteiger partial charge on any atom is 0.504 e. The molecule has 58 valence electrons. The summed E-state index contributed by atoms with van der Waals surface area (Å²) in [6.07, 6.45) is 2.34. The Morgan fingerprint density at radius 1 is 1.80 bits per heavy atom. The van der Waals surface area contributed by atoms with E-state index >= 15 is 0 Å². The fourth-order valence-corrected chi connectivity index (χ4v) is 1.34. The van der Waals surface area contributed by atoms with Crippen LogP contribution in [0.25, 0.3) is 0 Å². The SMILES string of the molecule is C[P+](=O)OCC1CCCO1. The normalized spacial score (nSPS) is 26.9. The molecular weight excluding hydrogens is 151 g/mol. The lowest BCUT2D eigenvalue weighted by atomic mass is 10.2. The molecule has 1 aliphatic heterocycles. The number of ether oxygens (including phenoxy) is 1. The zero-order valence-electron chi connectivity index (χ0n) is 6.08. The van der Waals surface area contributed by atoms with Gasteiger partial charge in [-0.1, -0.05) is 0 Å². The van der Waals surface area contributed by atoms with Gasteiger partial charge in [-0.2, -0.15) is 0 Å². The van der Waals surface area contributed by atoms with Gasteiger partial charge in [0.1, 0.15) is 6.61 Å². The molecule has 10 heavy (non-hydrogen) atoms. The molecule has 1 heterocycles. The summed E-state index contributed by atoms with van der Waals surface area (Å²) >= 11 is 0. The topological polar surface area (TPSA) is 35.5 Å². The minimum atomic E-state index is -1.45. The Labute approximate surface area is 61.6 Å². The summed E-state index contributed by atoms with van der Waals surface area (Å²) in [6.45, 7) is 2.88. The van der Waals surface area contributed by atoms with Crippen LogP contribution in [0.15, 0.2) is 0 Å². The molecule has 1 saturated heterocycles. The van der Waals surface area contributed by atoms with Crippen molar-refractivity contribution in [1.29, 1.82) is 0 Å². The molecule has 0 N–H and O–H groups in total. The third-order valence-corrected chi connectivity index (χ3v) is 1.98. The van der Waals surface area contributed by atoms with Crippen molar-refractivity contribution in [2.24, 2.45) is 0 Å². The Morgan fingerprint density at radius 2 is 2.60 bits per heavy atom. The van der Waals surface area contributed by atoms with Crippen molar-refractivity contribution in [2.75, 3.05) is 19.9 Å². The van der Waals surface area contributed by atoms with Gasteiger partial charge in [0.15, 0.2) is 6.66 Å². The zero-order valence-corrected chi connectivity index (χ0v) is 6.97. The van der Waals surface area contributed by atoms with Crippen LogP contribution in [0.1, 0.15) is 12.8 Å². The molecule has 0 aliphatic carbocycles. The number of hydrogen-bond acceptors (Lipinski definition) is 3. The molecule has 2 atom stereocenters. The van der Waals surface area contributed by atoms with Gasteiger partial charge in [-0.25, -0.2) is 0 Å². The van der Waals surface area contributed by atoms with Crippen LogP contribution in [-0.4, -0.2) is 26.0 Å². The number of hydrogen-bond donors (Lipinski definition) is 0. The van der Waals surface area contributed by atoms with E-state index in [1.807, 2.05) is 0 Å². The molecule has 4 heteroatoms. The summed E-state index contributed by atoms with van der Waals surface area (Å²) in [5.74, 6) is 0. The molecule has 2 unspecified atom stereocenters. The molecule has 0 spiro atoms. The van der Waals surface area contributed by atoms with Crippen molar-refractivity contribution >= 4 is 8.03 Å². The van der Waals surface area contributed by atoms with E-state index in [0.717, 1.165) is 19.4 Å². The third-order valence-electron chi connectivity index (χ3n) is 1.47. The van der Waals surface area contributed by atoms with E-state index in [-0.39, 0.29) is 6.10 Å². The second-order valence-electron chi connectivity index (χ2n) is 2.37. The van der Waals surface area contributed by atoms with Crippen LogP contribution >= 0.6 is 8.03 Å². The smallest absolute Gasteiger partial charge is 0.376 e. The first-order valence-electron chi connectivity index (χ1n) is 3.44. The van der Waals surface area contributed by atoms with Crippen molar-refractivity contribution in [2.45, 2.75) is 18.9 Å². The van der Waals surface area contributed by atoms with Crippen LogP contribution in [0, 0.1) is 0 Å². The molecule has 0 aromatic heterocycles. The fraction of sp³-hybridized carbons (Fsp3) is 1.00. The highest BCUT2D eigenvalue weighted by Gasteiger charge is 2.19. The molecule has 1 fully saturated rings. The van der Waals surface area contributed by atoms with Crippen molar-refractivity contribution in [3.63, 3.8) is 0 Å². The minimum Gasteiger partial charge on any atom is -0.376 e. The second-order valence-corrected chi connectivity index (χ2v) is 3.51. The van der Waals surface area contributed by atoms with Gasteiger partial charge in [0, 0.05) is 6.61 Å². The van der Waals surface area contributed by atoms with Crippen LogP contribution in [0.5, 0.6) is 0 Å². The van der Waals surface area contributed by atoms with Gasteiger partial charge in [-0.3, -0.25) is 0 Å². The molecule has 1 aliphatic rings. The molecule has 3 nitrogen and oxygen atoms in total. The molecule has 0 aromatic rings. The zero-order chi connectivity index (χ0) is 7.40. The van der Waals surface area contributed by atoms with Crippen molar-refractivity contribution in [3.8, 4) is 0 Å². The van der Waals surface area contributed by atoms with Gasteiger partial charge in [0.05, 0.1) is 6.10 Å². The molecule has 1 rings (SSSR count). The molecule has 0 saturated carbocycles. The monoisotopic (exact) mass is 163 g/mol. The van der Waals surface area contributed by atoms with Gasteiger partial charge in [-0.15, -0.1) is 4.52 Å². The van der Waals surface area contributed by atoms with Gasteiger partial charge in [-0.05, 0) is 17.4 Å². The van der Waals surface area contributed by atoms with Crippen LogP contribution in [0.2, 0.25) is 0 Å². The van der Waals surface area contributed by atoms with Crippen LogP contribution in [0.3, 0.4) is 0 Å². The predicted molar refractivity (Wildman–Crippen MR) is 38.5 cm³/mol. The average Bonchev–Trinajstić information content (AvgIpc) is 2.34. The standard InChI is InChI=1S/C6H12O3P/c1-10(7)9-5-6-3-2-4-8-6/h6H,2-5H2,1H3/q+1. The summed E-state index contributed by atoms with van der Waals surface area (Å²) in [4.78, 5) is 0. The Morgan fingerprint density at radius 3 is 3.10 bits per heavy atom. The lowest BCUT2D eigenvalue weighted by Crippen LogP contribution is -2.11. The summed E-state index contributed by atoms with van der Waals surface area (Å²) in [5.41, 5.74) is 0. The number of rotatable bonds is 3. The highest BCUT2D eigenvalue weighted by Crippen LogP contribution is 2.19. The fourth-order valence-electron chi connectivity index (χ4n) is 0.964. The lowest BCUT2D eigenvalue weighted by molar-refractivity contribution is 0.0711. The molecule has 0 radical (unpaired) electrons. The van der Waals surface area contributed by atoms with E-state index in [0.29, 0.717) is 6.61 Å². The van der Waals surface area contributed by atoms with Gasteiger partial charge < -0.3 is 4.74 Å². The Balaban J connectivity index is 2.07. The van der Waals surface area contributed by atoms with Crippen LogP contribution in [0.4, 0.5) is 0 Å². The van der Waals surface area contributed by atoms with E-state index in [9.17, 15) is 4.57 Å². The highest BCUT2D eigenvalue weighted by atomic mass is 31.1. The second kappa shape index (κ2) is 4.02. The van der Waals surface area contributed by atoms with Crippen molar-refractivity contribution < 1.29 is 13.8 Å². The van der Waals surface area contributed by atoms with Gasteiger partial charge >= 0.3 is 8.03 Å². The van der Waals surface area contributed by atoms with Crippen LogP contribution < -0.4 is 0 Å². The summed E-state index contributed by atoms with van der Waals surface area (Å²) in [5, 5.41) is 0. The first-order chi connectivity index (χ1) is 4.79. The Bertz CT molecular complexity index is 120. The van der Waals surface area contributed by atoms with Crippen molar-refractivity contribution in [1.82, 2.24) is 0 Å². The maximum absolute atomic E-state index is 10.5. The first-order valence-corrected chi connectivity index (χ1v) is 5.07. The molecule has 0 bridgehead atoms. The quantitative estimate of drug-likeness (QED) is 0.592. The molecule has 0 aromatic carbocycles. The highest BCUT2D eigenvalue weighted by molar-refractivity contribution is 7.38. The Kier molecular flexibility index (Phi) is 3.26. The van der Waals surface area contributed by atoms with Crippen LogP contribution in [-0.2, 0) is 13.8 Å². The van der Waals surface area contributed by atoms with E-state index in [1.165, 1.54) is 0 Å². The molecule has 0 amide bonds. The van der Waals surface area contributed by atoms with E-state index < -0.39 is 8.03 Å². The molecular formula is C6H12O3P+. The van der Waals surface area contributed by atoms with E-state index in [2.05, 4.69) is 0 Å². The first kappa shape index (κ1) is 8.12. The average molecular weight is 163 g/mol. The van der Waals surface area contributed by atoms with Gasteiger partial charge in [0.25, 0.3) is 0 Å². The summed E-state index contributed by atoms with van der Waals surface area (Å²) in [7, 11) is -1.45. The summed E-state index contributed by atoms with van der Waals surface area (Å²) in [6, 6.07) is 0. The summed E-state index contributed by atoms with van der Waals surface area (Å²) < 4.78 is 20.6. The maximum atomic E-state index is 10.5. The predicted octanol–water partition coefficient (Wildman–Crippen LogP) is 1.55. The lowest BCUT2D eigenvalue weighted by Gasteiger charge is -2.01.